The molecule has 2 fully saturated rings. The average molecular weight is 514 g/mol. The third kappa shape index (κ3) is 9.31. The molecule has 0 aliphatic carbocycles. The second-order valence-corrected chi connectivity index (χ2v) is 9.50. The number of benzene rings is 1. The molecule has 4 amide bonds. The van der Waals surface area contributed by atoms with Gasteiger partial charge in [0.1, 0.15) is 6.54 Å². The van der Waals surface area contributed by atoms with E-state index in [1.807, 2.05) is 36.1 Å². The lowest BCUT2D eigenvalue weighted by molar-refractivity contribution is -0.121. The number of morpholine rings is 1. The molecule has 2 heterocycles. The summed E-state index contributed by atoms with van der Waals surface area (Å²) in [5, 5.41) is 20.4. The topological polar surface area (TPSA) is 139 Å². The van der Waals surface area contributed by atoms with Crippen molar-refractivity contribution in [2.24, 2.45) is 5.92 Å². The molecule has 0 aromatic heterocycles. The number of hydrogen-bond acceptors (Lipinski definition) is 7. The van der Waals surface area contributed by atoms with E-state index in [9.17, 15) is 14.4 Å². The third-order valence-corrected chi connectivity index (χ3v) is 6.69. The number of ether oxygens (including phenoxy) is 1. The number of carbonyl (C=O) groups is 3. The van der Waals surface area contributed by atoms with Crippen LogP contribution in [-0.2, 0) is 9.53 Å². The largest absolute Gasteiger partial charge is 0.379 e. The van der Waals surface area contributed by atoms with Crippen LogP contribution in [0.25, 0.3) is 0 Å². The predicted octanol–water partition coefficient (Wildman–Crippen LogP) is 0.461. The molecular weight excluding hydrogens is 474 g/mol. The maximum Gasteiger partial charge on any atom is 0.317 e. The van der Waals surface area contributed by atoms with Gasteiger partial charge in [0, 0.05) is 64.3 Å². The molecular formula is C26H39N7O4. The first kappa shape index (κ1) is 28.4. The summed E-state index contributed by atoms with van der Waals surface area (Å²) in [6, 6.07) is 9.30. The van der Waals surface area contributed by atoms with Gasteiger partial charge in [0.2, 0.25) is 5.91 Å². The summed E-state index contributed by atoms with van der Waals surface area (Å²) in [4.78, 5) is 41.5. The van der Waals surface area contributed by atoms with Crippen molar-refractivity contribution in [3.63, 3.8) is 0 Å². The Morgan fingerprint density at radius 1 is 1.11 bits per heavy atom. The highest BCUT2D eigenvalue weighted by atomic mass is 16.5. The summed E-state index contributed by atoms with van der Waals surface area (Å²) in [5.41, 5.74) is 1.53. The third-order valence-electron chi connectivity index (χ3n) is 6.69. The van der Waals surface area contributed by atoms with Gasteiger partial charge in [0.05, 0.1) is 25.3 Å². The maximum absolute atomic E-state index is 12.9. The summed E-state index contributed by atoms with van der Waals surface area (Å²) < 4.78 is 5.53. The van der Waals surface area contributed by atoms with E-state index in [-0.39, 0.29) is 36.3 Å². The van der Waals surface area contributed by atoms with E-state index in [1.54, 1.807) is 6.07 Å². The quantitative estimate of drug-likeness (QED) is 0.315. The summed E-state index contributed by atoms with van der Waals surface area (Å²) in [6.45, 7) is 8.58. The molecule has 0 bridgehead atoms. The van der Waals surface area contributed by atoms with Crippen LogP contribution in [0.4, 0.5) is 4.79 Å². The first-order valence-electron chi connectivity index (χ1n) is 13.0. The summed E-state index contributed by atoms with van der Waals surface area (Å²) >= 11 is 0. The molecule has 2 atom stereocenters. The van der Waals surface area contributed by atoms with Gasteiger partial charge in [-0.15, -0.1) is 0 Å². The van der Waals surface area contributed by atoms with Crippen LogP contribution in [0.5, 0.6) is 0 Å². The first-order chi connectivity index (χ1) is 18.0. The Balaban J connectivity index is 1.57. The summed E-state index contributed by atoms with van der Waals surface area (Å²) in [5.74, 6) is -0.254. The Bertz CT molecular complexity index is 939. The molecule has 3 rings (SSSR count). The van der Waals surface area contributed by atoms with Gasteiger partial charge >= 0.3 is 6.03 Å². The van der Waals surface area contributed by atoms with Crippen LogP contribution in [0, 0.1) is 17.2 Å². The molecule has 37 heavy (non-hydrogen) atoms. The van der Waals surface area contributed by atoms with Crippen molar-refractivity contribution >= 4 is 17.8 Å². The van der Waals surface area contributed by atoms with Crippen LogP contribution >= 0.6 is 0 Å². The number of nitrogens with one attached hydrogen (secondary N) is 4. The van der Waals surface area contributed by atoms with Gasteiger partial charge in [-0.1, -0.05) is 19.1 Å². The van der Waals surface area contributed by atoms with Crippen LogP contribution in [-0.4, -0.2) is 99.8 Å². The van der Waals surface area contributed by atoms with Crippen LogP contribution in [0.3, 0.4) is 0 Å². The molecule has 0 radical (unpaired) electrons. The van der Waals surface area contributed by atoms with Crippen molar-refractivity contribution < 1.29 is 19.1 Å². The number of hydrogen-bond donors (Lipinski definition) is 4. The molecule has 2 aliphatic heterocycles. The van der Waals surface area contributed by atoms with Crippen LogP contribution in [0.1, 0.15) is 41.7 Å². The number of nitriles is 1. The molecule has 2 unspecified atom stereocenters. The van der Waals surface area contributed by atoms with E-state index in [1.165, 1.54) is 0 Å². The zero-order valence-corrected chi connectivity index (χ0v) is 21.6. The fraction of sp³-hybridized carbons (Fsp3) is 0.615. The van der Waals surface area contributed by atoms with Crippen molar-refractivity contribution in [1.82, 2.24) is 31.1 Å². The van der Waals surface area contributed by atoms with Crippen LogP contribution < -0.4 is 21.3 Å². The van der Waals surface area contributed by atoms with Crippen molar-refractivity contribution in [2.75, 3.05) is 72.1 Å². The first-order valence-corrected chi connectivity index (χ1v) is 13.0. The Labute approximate surface area is 218 Å². The highest BCUT2D eigenvalue weighted by Gasteiger charge is 2.25. The molecule has 4 N–H and O–H groups in total. The fourth-order valence-corrected chi connectivity index (χ4v) is 4.56. The summed E-state index contributed by atoms with van der Waals surface area (Å²) in [6.07, 6.45) is 0.966. The Morgan fingerprint density at radius 2 is 1.86 bits per heavy atom. The van der Waals surface area contributed by atoms with Crippen LogP contribution in [0.15, 0.2) is 24.3 Å². The van der Waals surface area contributed by atoms with Crippen molar-refractivity contribution in [3.05, 3.63) is 35.4 Å². The van der Waals surface area contributed by atoms with Gasteiger partial charge in [0.25, 0.3) is 5.91 Å². The minimum absolute atomic E-state index is 0.00347. The van der Waals surface area contributed by atoms with Gasteiger partial charge in [0.15, 0.2) is 0 Å². The standard InChI is InChI=1S/C26H39N7O4/c1-20(17-24(34)29-8-6-27)5-7-30-25(35)22-4-2-3-21(18-22)23(32-13-15-37-16-14-32)19-31-26(36)33-11-9-28-10-12-33/h2-4,18,20,23,28H,5,7-17,19H2,1H3,(H,29,34)(H,30,35)(H,31,36). The Hall–Kier alpha value is -3.20. The lowest BCUT2D eigenvalue weighted by atomic mass is 10.0. The van der Waals surface area contributed by atoms with Gasteiger partial charge in [-0.2, -0.15) is 5.26 Å². The second-order valence-electron chi connectivity index (χ2n) is 9.50. The molecule has 11 heteroatoms. The van der Waals surface area contributed by atoms with Gasteiger partial charge < -0.3 is 30.9 Å². The highest BCUT2D eigenvalue weighted by Crippen LogP contribution is 2.23. The number of rotatable bonds is 11. The zero-order valence-electron chi connectivity index (χ0n) is 21.6. The lowest BCUT2D eigenvalue weighted by Crippen LogP contribution is -2.52. The van der Waals surface area contributed by atoms with E-state index in [2.05, 4.69) is 26.2 Å². The average Bonchev–Trinajstić information content (AvgIpc) is 2.93. The van der Waals surface area contributed by atoms with Crippen molar-refractivity contribution in [1.29, 1.82) is 5.26 Å². The van der Waals surface area contributed by atoms with E-state index >= 15 is 0 Å². The maximum atomic E-state index is 12.9. The molecule has 1 aromatic rings. The van der Waals surface area contributed by atoms with E-state index in [4.69, 9.17) is 10.00 Å². The minimum atomic E-state index is -0.173. The molecule has 202 valence electrons. The van der Waals surface area contributed by atoms with Crippen molar-refractivity contribution in [2.45, 2.75) is 25.8 Å². The monoisotopic (exact) mass is 513 g/mol. The normalized spacial score (nSPS) is 17.8. The van der Waals surface area contributed by atoms with E-state index in [0.717, 1.165) is 31.7 Å². The fourth-order valence-electron chi connectivity index (χ4n) is 4.56. The van der Waals surface area contributed by atoms with Gasteiger partial charge in [-0.25, -0.2) is 4.79 Å². The number of carbonyl (C=O) groups excluding carboxylic acids is 3. The Kier molecular flexibility index (Phi) is 11.6. The number of piperazine rings is 1. The van der Waals surface area contributed by atoms with Crippen LogP contribution in [0.2, 0.25) is 0 Å². The molecule has 0 spiro atoms. The highest BCUT2D eigenvalue weighted by molar-refractivity contribution is 5.94. The zero-order chi connectivity index (χ0) is 26.5. The number of urea groups is 1. The molecule has 0 saturated carbocycles. The van der Waals surface area contributed by atoms with E-state index in [0.29, 0.717) is 57.8 Å². The number of nitrogens with zero attached hydrogens (tertiary/aromatic N) is 3. The molecule has 11 nitrogen and oxygen atoms in total. The van der Waals surface area contributed by atoms with E-state index < -0.39 is 0 Å². The van der Waals surface area contributed by atoms with Gasteiger partial charge in [-0.05, 0) is 30.0 Å². The SMILES string of the molecule is CC(CCNC(=O)c1cccc(C(CNC(=O)N2CCNCC2)N2CCOCC2)c1)CC(=O)NCC#N. The second kappa shape index (κ2) is 15.1. The van der Waals surface area contributed by atoms with Gasteiger partial charge in [-0.3, -0.25) is 14.5 Å². The smallest absolute Gasteiger partial charge is 0.317 e. The predicted molar refractivity (Wildman–Crippen MR) is 139 cm³/mol. The molecule has 1 aromatic carbocycles. The molecule has 2 aliphatic rings. The minimum Gasteiger partial charge on any atom is -0.379 e. The molecule has 2 saturated heterocycles. The lowest BCUT2D eigenvalue weighted by Gasteiger charge is -2.36. The van der Waals surface area contributed by atoms with Crippen molar-refractivity contribution in [3.8, 4) is 6.07 Å². The summed E-state index contributed by atoms with van der Waals surface area (Å²) in [7, 11) is 0. The number of amides is 4. The Morgan fingerprint density at radius 3 is 2.59 bits per heavy atom.